The number of anilines is 2. The maximum Gasteiger partial charge on any atom is 0.272 e. The lowest BCUT2D eigenvalue weighted by Gasteiger charge is -2.15. The largest absolute Gasteiger partial charge is 0.497 e. The van der Waals surface area contributed by atoms with Crippen molar-refractivity contribution in [3.8, 4) is 11.5 Å². The number of amides is 3. The average molecular weight is 596 g/mol. The van der Waals surface area contributed by atoms with Gasteiger partial charge in [-0.25, -0.2) is 0 Å². The molecule has 0 heterocycles. The maximum absolute atomic E-state index is 13.5. The molecule has 0 fully saturated rings. The van der Waals surface area contributed by atoms with Crippen molar-refractivity contribution in [3.05, 3.63) is 119 Å². The molecule has 3 N–H and O–H groups in total. The number of thioether (sulfide) groups is 1. The smallest absolute Gasteiger partial charge is 0.272 e. The summed E-state index contributed by atoms with van der Waals surface area (Å²) in [6.07, 6.45) is 1.55. The van der Waals surface area contributed by atoms with Gasteiger partial charge in [-0.3, -0.25) is 14.4 Å². The van der Waals surface area contributed by atoms with Crippen LogP contribution in [0.5, 0.6) is 11.5 Å². The van der Waals surface area contributed by atoms with Crippen LogP contribution < -0.4 is 25.4 Å². The number of rotatable bonds is 11. The van der Waals surface area contributed by atoms with Gasteiger partial charge in [0.15, 0.2) is 0 Å². The third-order valence-corrected chi connectivity index (χ3v) is 7.46. The molecular weight excluding hydrogens is 562 g/mol. The minimum atomic E-state index is -0.533. The summed E-state index contributed by atoms with van der Waals surface area (Å²) in [7, 11) is 3.06. The Balaban J connectivity index is 1.53. The summed E-state index contributed by atoms with van der Waals surface area (Å²) in [6.45, 7) is 3.81. The van der Waals surface area contributed by atoms with Crippen LogP contribution in [0, 0.1) is 6.92 Å². The molecule has 0 bridgehead atoms. The molecule has 0 saturated carbocycles. The number of carbonyl (C=O) groups is 3. The summed E-state index contributed by atoms with van der Waals surface area (Å²) >= 11 is 1.37. The van der Waals surface area contributed by atoms with Crippen LogP contribution in [0.1, 0.15) is 28.4 Å². The van der Waals surface area contributed by atoms with Crippen LogP contribution in [0.25, 0.3) is 6.08 Å². The zero-order chi connectivity index (χ0) is 30.8. The van der Waals surface area contributed by atoms with Crippen molar-refractivity contribution in [2.24, 2.45) is 0 Å². The fourth-order valence-electron chi connectivity index (χ4n) is 4.02. The van der Waals surface area contributed by atoms with E-state index in [1.165, 1.54) is 18.9 Å². The fraction of sp³-hybridized carbons (Fsp3) is 0.147. The van der Waals surface area contributed by atoms with Crippen molar-refractivity contribution in [3.63, 3.8) is 0 Å². The molecule has 0 aliphatic carbocycles. The van der Waals surface area contributed by atoms with Crippen molar-refractivity contribution in [2.75, 3.05) is 24.9 Å². The van der Waals surface area contributed by atoms with Crippen LogP contribution in [0.4, 0.5) is 11.4 Å². The molecule has 1 unspecified atom stereocenters. The standard InChI is InChI=1S/C34H33N3O5S/c1-22-13-16-26(17-14-22)35-32(38)23(2)43-29-12-8-11-27(20-29)36-34(40)30(37-33(39)24-9-6-5-7-10-24)19-25-15-18-28(41-3)21-31(25)42-4/h5-21,23H,1-4H3,(H,35,38)(H,36,40)(H,37,39)/b30-19+. The molecule has 0 aromatic heterocycles. The number of hydrogen-bond donors (Lipinski definition) is 3. The Labute approximate surface area is 255 Å². The second-order valence-electron chi connectivity index (χ2n) is 9.58. The van der Waals surface area contributed by atoms with Gasteiger partial charge < -0.3 is 25.4 Å². The quantitative estimate of drug-likeness (QED) is 0.134. The molecule has 220 valence electrons. The lowest BCUT2D eigenvalue weighted by molar-refractivity contribution is -0.115. The first-order valence-electron chi connectivity index (χ1n) is 13.5. The minimum absolute atomic E-state index is 0.0150. The van der Waals surface area contributed by atoms with E-state index in [2.05, 4.69) is 16.0 Å². The van der Waals surface area contributed by atoms with Gasteiger partial charge in [0, 0.05) is 33.5 Å². The van der Waals surface area contributed by atoms with Crippen LogP contribution in [0.15, 0.2) is 108 Å². The molecule has 1 atom stereocenters. The number of carbonyl (C=O) groups excluding carboxylic acids is 3. The normalized spacial score (nSPS) is 11.7. The van der Waals surface area contributed by atoms with E-state index >= 15 is 0 Å². The van der Waals surface area contributed by atoms with Gasteiger partial charge in [-0.2, -0.15) is 0 Å². The highest BCUT2D eigenvalue weighted by Crippen LogP contribution is 2.28. The summed E-state index contributed by atoms with van der Waals surface area (Å²) in [5, 5.41) is 8.13. The Morgan fingerprint density at radius 1 is 0.791 bits per heavy atom. The minimum Gasteiger partial charge on any atom is -0.497 e. The molecule has 0 aliphatic rings. The van der Waals surface area contributed by atoms with Crippen molar-refractivity contribution in [2.45, 2.75) is 24.0 Å². The first-order valence-corrected chi connectivity index (χ1v) is 14.4. The predicted octanol–water partition coefficient (Wildman–Crippen LogP) is 6.54. The van der Waals surface area contributed by atoms with E-state index in [4.69, 9.17) is 9.47 Å². The van der Waals surface area contributed by atoms with Crippen molar-refractivity contribution < 1.29 is 23.9 Å². The molecule has 8 nitrogen and oxygen atoms in total. The number of ether oxygens (including phenoxy) is 2. The third-order valence-electron chi connectivity index (χ3n) is 6.36. The molecule has 0 aliphatic heterocycles. The molecule has 4 aromatic carbocycles. The number of hydrogen-bond acceptors (Lipinski definition) is 6. The second-order valence-corrected chi connectivity index (χ2v) is 11.0. The van der Waals surface area contributed by atoms with Gasteiger partial charge in [-0.05, 0) is 74.5 Å². The van der Waals surface area contributed by atoms with E-state index in [9.17, 15) is 14.4 Å². The summed E-state index contributed by atoms with van der Waals surface area (Å²) < 4.78 is 10.8. The number of methoxy groups -OCH3 is 2. The lowest BCUT2D eigenvalue weighted by Crippen LogP contribution is -2.30. The second kappa shape index (κ2) is 14.7. The van der Waals surface area contributed by atoms with Crippen LogP contribution in [-0.2, 0) is 9.59 Å². The molecule has 0 saturated heterocycles. The molecule has 3 amide bonds. The fourth-order valence-corrected chi connectivity index (χ4v) is 4.95. The number of aryl methyl sites for hydroxylation is 1. The van der Waals surface area contributed by atoms with Gasteiger partial charge in [0.25, 0.3) is 11.8 Å². The monoisotopic (exact) mass is 595 g/mol. The molecule has 0 spiro atoms. The first kappa shape index (κ1) is 30.9. The Bertz CT molecular complexity index is 1620. The third kappa shape index (κ3) is 8.73. The molecule has 4 aromatic rings. The van der Waals surface area contributed by atoms with Gasteiger partial charge in [0.1, 0.15) is 17.2 Å². The summed E-state index contributed by atoms with van der Waals surface area (Å²) in [5.74, 6) is -0.0495. The van der Waals surface area contributed by atoms with E-state index in [1.807, 2.05) is 44.2 Å². The van der Waals surface area contributed by atoms with Gasteiger partial charge in [-0.15, -0.1) is 11.8 Å². The summed E-state index contributed by atoms with van der Waals surface area (Å²) in [5.41, 5.74) is 3.33. The number of benzene rings is 4. The SMILES string of the molecule is COc1ccc(/C=C(/NC(=O)c2ccccc2)C(=O)Nc2cccc(SC(C)C(=O)Nc3ccc(C)cc3)c2)c(OC)c1. The summed E-state index contributed by atoms with van der Waals surface area (Å²) in [6, 6.07) is 28.6. The topological polar surface area (TPSA) is 106 Å². The van der Waals surface area contributed by atoms with Crippen LogP contribution in [0.2, 0.25) is 0 Å². The van der Waals surface area contributed by atoms with Crippen LogP contribution >= 0.6 is 11.8 Å². The zero-order valence-electron chi connectivity index (χ0n) is 24.3. The van der Waals surface area contributed by atoms with E-state index in [1.54, 1.807) is 79.9 Å². The average Bonchev–Trinajstić information content (AvgIpc) is 3.02. The van der Waals surface area contributed by atoms with E-state index in [0.717, 1.165) is 16.1 Å². The number of nitrogens with one attached hydrogen (secondary N) is 3. The first-order chi connectivity index (χ1) is 20.7. The van der Waals surface area contributed by atoms with Gasteiger partial charge in [0.2, 0.25) is 5.91 Å². The van der Waals surface area contributed by atoms with Crippen LogP contribution in [-0.4, -0.2) is 37.2 Å². The summed E-state index contributed by atoms with van der Waals surface area (Å²) in [4.78, 5) is 40.1. The Hall–Kier alpha value is -5.02. The maximum atomic E-state index is 13.5. The Morgan fingerprint density at radius 3 is 2.23 bits per heavy atom. The molecule has 0 radical (unpaired) electrons. The predicted molar refractivity (Wildman–Crippen MR) is 172 cm³/mol. The van der Waals surface area contributed by atoms with Crippen molar-refractivity contribution in [1.29, 1.82) is 0 Å². The van der Waals surface area contributed by atoms with Crippen molar-refractivity contribution >= 4 is 46.9 Å². The molecular formula is C34H33N3O5S. The van der Waals surface area contributed by atoms with Gasteiger partial charge in [0.05, 0.1) is 19.5 Å². The van der Waals surface area contributed by atoms with E-state index in [-0.39, 0.29) is 11.6 Å². The van der Waals surface area contributed by atoms with E-state index in [0.29, 0.717) is 28.3 Å². The molecule has 43 heavy (non-hydrogen) atoms. The highest BCUT2D eigenvalue weighted by atomic mass is 32.2. The Kier molecular flexibility index (Phi) is 10.6. The Morgan fingerprint density at radius 2 is 1.53 bits per heavy atom. The lowest BCUT2D eigenvalue weighted by atomic mass is 10.1. The molecule has 9 heteroatoms. The van der Waals surface area contributed by atoms with Gasteiger partial charge in [-0.1, -0.05) is 42.0 Å². The molecule has 4 rings (SSSR count). The van der Waals surface area contributed by atoms with Crippen LogP contribution in [0.3, 0.4) is 0 Å². The van der Waals surface area contributed by atoms with Gasteiger partial charge >= 0.3 is 0 Å². The van der Waals surface area contributed by atoms with Crippen molar-refractivity contribution in [1.82, 2.24) is 5.32 Å². The zero-order valence-corrected chi connectivity index (χ0v) is 25.2. The highest BCUT2D eigenvalue weighted by Gasteiger charge is 2.18. The highest BCUT2D eigenvalue weighted by molar-refractivity contribution is 8.00. The van der Waals surface area contributed by atoms with E-state index < -0.39 is 17.1 Å².